The van der Waals surface area contributed by atoms with Crippen molar-refractivity contribution in [3.63, 3.8) is 0 Å². The third-order valence-corrected chi connectivity index (χ3v) is 8.21. The summed E-state index contributed by atoms with van der Waals surface area (Å²) in [5.74, 6) is 1.72. The Bertz CT molecular complexity index is 2080. The number of nitrogens with zero attached hydrogens (tertiary/aromatic N) is 4. The van der Waals surface area contributed by atoms with E-state index in [4.69, 9.17) is 9.97 Å². The second kappa shape index (κ2) is 10.1. The first kappa shape index (κ1) is 26.4. The van der Waals surface area contributed by atoms with Gasteiger partial charge < -0.3 is 4.57 Å². The van der Waals surface area contributed by atoms with Gasteiger partial charge in [-0.3, -0.25) is 9.88 Å². The average Bonchev–Trinajstić information content (AvgIpc) is 3.35. The van der Waals surface area contributed by atoms with Crippen LogP contribution in [0.15, 0.2) is 121 Å². The average molecular weight is 722 g/mol. The maximum atomic E-state index is 5.51. The molecule has 4 aromatic carbocycles. The van der Waals surface area contributed by atoms with Crippen molar-refractivity contribution in [1.29, 1.82) is 0 Å². The number of hydrogen-bond acceptors (Lipinski definition) is 3. The standard InChI is InChI=1S/C37H26N4.Pt/c1-37(2)29-19-10-12-22-33(29)41(34-23-13-20-31(38-34)25-14-5-3-6-15-25)36-30(37)24-28-27-18-9-11-21-32(27)40(35(28)39-36)26-16-7-4-8-17-26;/h3-14,16,18-24H,1-2H3;/q-2;+2. The molecule has 0 bridgehead atoms. The van der Waals surface area contributed by atoms with Gasteiger partial charge in [-0.15, -0.1) is 42.0 Å². The second-order valence-electron chi connectivity index (χ2n) is 11.0. The van der Waals surface area contributed by atoms with E-state index in [1.165, 1.54) is 16.5 Å². The fourth-order valence-corrected chi connectivity index (χ4v) is 6.21. The van der Waals surface area contributed by atoms with Crippen LogP contribution >= 0.6 is 0 Å². The van der Waals surface area contributed by atoms with Crippen LogP contribution in [-0.2, 0) is 26.5 Å². The van der Waals surface area contributed by atoms with Gasteiger partial charge in [0, 0.05) is 21.8 Å². The van der Waals surface area contributed by atoms with Crippen LogP contribution in [0.2, 0.25) is 0 Å². The summed E-state index contributed by atoms with van der Waals surface area (Å²) >= 11 is 0. The maximum absolute atomic E-state index is 5.51. The number of hydrogen-bond donors (Lipinski definition) is 0. The van der Waals surface area contributed by atoms with Crippen LogP contribution in [0.3, 0.4) is 0 Å². The summed E-state index contributed by atoms with van der Waals surface area (Å²) in [4.78, 5) is 12.9. The van der Waals surface area contributed by atoms with E-state index >= 15 is 0 Å². The van der Waals surface area contributed by atoms with Gasteiger partial charge in [-0.2, -0.15) is 24.3 Å². The predicted octanol–water partition coefficient (Wildman–Crippen LogP) is 8.95. The van der Waals surface area contributed by atoms with Crippen molar-refractivity contribution in [3.05, 3.63) is 145 Å². The van der Waals surface area contributed by atoms with Crippen molar-refractivity contribution < 1.29 is 21.1 Å². The van der Waals surface area contributed by atoms with Gasteiger partial charge in [0.1, 0.15) is 17.3 Å². The fraction of sp³-hybridized carbons (Fsp3) is 0.0811. The summed E-state index contributed by atoms with van der Waals surface area (Å²) in [6.45, 7) is 4.59. The Hall–Kier alpha value is -4.53. The summed E-state index contributed by atoms with van der Waals surface area (Å²) in [5, 5.41) is 2.31. The number of fused-ring (bicyclic) bond motifs is 5. The Labute approximate surface area is 259 Å². The van der Waals surface area contributed by atoms with Crippen LogP contribution in [-0.4, -0.2) is 14.5 Å². The molecule has 3 aromatic heterocycles. The van der Waals surface area contributed by atoms with E-state index in [0.29, 0.717) is 0 Å². The van der Waals surface area contributed by atoms with Crippen LogP contribution in [0.1, 0.15) is 25.0 Å². The molecule has 204 valence electrons. The van der Waals surface area contributed by atoms with Crippen LogP contribution in [0.5, 0.6) is 0 Å². The largest absolute Gasteiger partial charge is 2.00 e. The molecule has 0 amide bonds. The predicted molar refractivity (Wildman–Crippen MR) is 166 cm³/mol. The fourth-order valence-electron chi connectivity index (χ4n) is 6.21. The van der Waals surface area contributed by atoms with E-state index in [0.717, 1.165) is 50.8 Å². The number of rotatable bonds is 3. The quantitative estimate of drug-likeness (QED) is 0.171. The molecule has 42 heavy (non-hydrogen) atoms. The van der Waals surface area contributed by atoms with E-state index in [9.17, 15) is 0 Å². The third kappa shape index (κ3) is 3.94. The second-order valence-corrected chi connectivity index (χ2v) is 11.0. The molecule has 4 nitrogen and oxygen atoms in total. The zero-order valence-electron chi connectivity index (χ0n) is 23.2. The molecule has 0 atom stereocenters. The minimum atomic E-state index is -0.267. The van der Waals surface area contributed by atoms with Crippen LogP contribution < -0.4 is 4.90 Å². The van der Waals surface area contributed by atoms with Gasteiger partial charge in [-0.1, -0.05) is 68.1 Å². The van der Waals surface area contributed by atoms with Crippen LogP contribution in [0, 0.1) is 12.1 Å². The van der Waals surface area contributed by atoms with Crippen molar-refractivity contribution in [2.24, 2.45) is 0 Å². The molecule has 0 saturated carbocycles. The molecule has 0 N–H and O–H groups in total. The van der Waals surface area contributed by atoms with Crippen molar-refractivity contribution in [1.82, 2.24) is 14.5 Å². The number of anilines is 3. The van der Waals surface area contributed by atoms with Crippen LogP contribution in [0.4, 0.5) is 17.3 Å². The molecule has 0 fully saturated rings. The Kier molecular flexibility index (Phi) is 6.33. The van der Waals surface area contributed by atoms with Crippen LogP contribution in [0.25, 0.3) is 38.9 Å². The molecule has 0 aliphatic carbocycles. The number of aromatic nitrogens is 3. The third-order valence-electron chi connectivity index (χ3n) is 8.21. The normalized spacial score (nSPS) is 13.4. The van der Waals surface area contributed by atoms with Gasteiger partial charge in [0.2, 0.25) is 0 Å². The first-order valence-corrected chi connectivity index (χ1v) is 13.9. The molecular weight excluding hydrogens is 696 g/mol. The molecule has 8 rings (SSSR count). The summed E-state index contributed by atoms with van der Waals surface area (Å²) in [6, 6.07) is 48.5. The summed E-state index contributed by atoms with van der Waals surface area (Å²) < 4.78 is 2.22. The molecular formula is C37H26N4Pt. The molecule has 1 aliphatic heterocycles. The molecule has 4 heterocycles. The molecule has 5 heteroatoms. The van der Waals surface area contributed by atoms with Gasteiger partial charge in [-0.05, 0) is 35.5 Å². The first-order valence-electron chi connectivity index (χ1n) is 13.9. The molecule has 0 spiro atoms. The summed E-state index contributed by atoms with van der Waals surface area (Å²) in [5.41, 5.74) is 8.05. The number of para-hydroxylation sites is 3. The van der Waals surface area contributed by atoms with Crippen molar-refractivity contribution in [2.75, 3.05) is 4.90 Å². The topological polar surface area (TPSA) is 34.0 Å². The van der Waals surface area contributed by atoms with E-state index in [1.54, 1.807) is 0 Å². The Balaban J connectivity index is 0.00000288. The first-order chi connectivity index (χ1) is 20.1. The van der Waals surface area contributed by atoms with Crippen molar-refractivity contribution in [3.8, 4) is 16.9 Å². The Morgan fingerprint density at radius 1 is 0.667 bits per heavy atom. The van der Waals surface area contributed by atoms with Gasteiger partial charge in [0.25, 0.3) is 0 Å². The molecule has 7 aromatic rings. The number of benzene rings is 4. The molecule has 0 unspecified atom stereocenters. The van der Waals surface area contributed by atoms with E-state index in [1.807, 2.05) is 48.5 Å². The molecule has 0 saturated heterocycles. The SMILES string of the molecule is CC1(C)c2ccccc2N(c2cccc(-c3[c-]cccc3)n2)c2nc3c(cc21)c1ccccc1n3-c1[c-]cccc1.[Pt+2]. The summed E-state index contributed by atoms with van der Waals surface area (Å²) in [7, 11) is 0. The van der Waals surface area contributed by atoms with Crippen molar-refractivity contribution >= 4 is 39.3 Å². The Morgan fingerprint density at radius 2 is 1.43 bits per heavy atom. The molecule has 1 aliphatic rings. The minimum Gasteiger partial charge on any atom is -0.318 e. The van der Waals surface area contributed by atoms with Gasteiger partial charge in [-0.25, -0.2) is 4.98 Å². The van der Waals surface area contributed by atoms with Crippen molar-refractivity contribution in [2.45, 2.75) is 19.3 Å². The zero-order valence-corrected chi connectivity index (χ0v) is 25.4. The van der Waals surface area contributed by atoms with E-state index < -0.39 is 0 Å². The van der Waals surface area contributed by atoms with E-state index in [-0.39, 0.29) is 26.5 Å². The van der Waals surface area contributed by atoms with Gasteiger partial charge in [0.15, 0.2) is 0 Å². The zero-order chi connectivity index (χ0) is 27.6. The maximum Gasteiger partial charge on any atom is 2.00 e. The Morgan fingerprint density at radius 3 is 2.24 bits per heavy atom. The smallest absolute Gasteiger partial charge is 0.318 e. The van der Waals surface area contributed by atoms with Gasteiger partial charge >= 0.3 is 21.1 Å². The monoisotopic (exact) mass is 721 g/mol. The summed E-state index contributed by atoms with van der Waals surface area (Å²) in [6.07, 6.45) is 0. The molecule has 0 radical (unpaired) electrons. The minimum absolute atomic E-state index is 0. The number of pyridine rings is 2. The van der Waals surface area contributed by atoms with Gasteiger partial charge in [0.05, 0.1) is 11.2 Å². The van der Waals surface area contributed by atoms with E-state index in [2.05, 4.69) is 108 Å².